The van der Waals surface area contributed by atoms with Crippen molar-refractivity contribution < 1.29 is 19.0 Å². The van der Waals surface area contributed by atoms with Crippen LogP contribution in [0.4, 0.5) is 14.9 Å². The Morgan fingerprint density at radius 1 is 1.32 bits per heavy atom. The van der Waals surface area contributed by atoms with Crippen molar-refractivity contribution in [2.45, 2.75) is 31.3 Å². The van der Waals surface area contributed by atoms with Crippen LogP contribution in [0.2, 0.25) is 5.02 Å². The number of ether oxygens (including phenoxy) is 1. The minimum Gasteiger partial charge on any atom is -0.449 e. The Bertz CT molecular complexity index is 1150. The van der Waals surface area contributed by atoms with Gasteiger partial charge >= 0.3 is 6.16 Å². The zero-order valence-electron chi connectivity index (χ0n) is 16.5. The van der Waals surface area contributed by atoms with Crippen molar-refractivity contribution in [3.05, 3.63) is 45.5 Å². The van der Waals surface area contributed by atoms with Gasteiger partial charge in [-0.2, -0.15) is 0 Å². The van der Waals surface area contributed by atoms with E-state index in [9.17, 15) is 9.59 Å². The number of aromatic nitrogens is 1. The molecule has 1 saturated heterocycles. The van der Waals surface area contributed by atoms with Gasteiger partial charge in [-0.15, -0.1) is 12.4 Å². The fourth-order valence-electron chi connectivity index (χ4n) is 4.82. The second kappa shape index (κ2) is 8.00. The zero-order chi connectivity index (χ0) is 21.2. The van der Waals surface area contributed by atoms with E-state index in [0.717, 1.165) is 25.3 Å². The highest BCUT2D eigenvalue weighted by atomic mass is 35.5. The molecule has 10 heteroatoms. The normalized spacial score (nSPS) is 24.7. The third-order valence-corrected chi connectivity index (χ3v) is 6.75. The van der Waals surface area contributed by atoms with Gasteiger partial charge in [0.15, 0.2) is 5.75 Å². The van der Waals surface area contributed by atoms with E-state index in [2.05, 4.69) is 10.8 Å². The molecule has 0 amide bonds. The summed E-state index contributed by atoms with van der Waals surface area (Å²) in [4.78, 5) is 25.7. The van der Waals surface area contributed by atoms with Gasteiger partial charge in [-0.05, 0) is 37.2 Å². The van der Waals surface area contributed by atoms with Crippen LogP contribution >= 0.6 is 24.0 Å². The molecule has 3 aliphatic rings. The average molecular weight is 470 g/mol. The summed E-state index contributed by atoms with van der Waals surface area (Å²) < 4.78 is 21.6. The molecule has 2 heterocycles. The minimum atomic E-state index is -1.60. The van der Waals surface area contributed by atoms with Gasteiger partial charge in [0.2, 0.25) is 5.43 Å². The Kier molecular flexibility index (Phi) is 5.66. The monoisotopic (exact) mass is 469 g/mol. The quantitative estimate of drug-likeness (QED) is 0.521. The van der Waals surface area contributed by atoms with Crippen LogP contribution in [0.15, 0.2) is 29.2 Å². The Morgan fingerprint density at radius 2 is 2.06 bits per heavy atom. The van der Waals surface area contributed by atoms with Gasteiger partial charge in [-0.1, -0.05) is 23.8 Å². The first-order valence-corrected chi connectivity index (χ1v) is 10.4. The number of carbonyl (C=O) groups is 1. The van der Waals surface area contributed by atoms with Crippen molar-refractivity contribution in [3.8, 4) is 5.75 Å². The van der Waals surface area contributed by atoms with Crippen LogP contribution in [-0.2, 0) is 0 Å². The maximum Gasteiger partial charge on any atom is 0.511 e. The Labute approximate surface area is 188 Å². The molecule has 166 valence electrons. The number of nitrogens with two attached hydrogens (primary N) is 1. The number of benzene rings is 1. The molecule has 1 aliphatic heterocycles. The summed E-state index contributed by atoms with van der Waals surface area (Å²) in [7, 11) is 0. The molecule has 31 heavy (non-hydrogen) atoms. The predicted molar refractivity (Wildman–Crippen MR) is 118 cm³/mol. The van der Waals surface area contributed by atoms with Gasteiger partial charge < -0.3 is 25.0 Å². The Morgan fingerprint density at radius 3 is 2.71 bits per heavy atom. The number of rotatable bonds is 3. The van der Waals surface area contributed by atoms with Gasteiger partial charge in [-0.25, -0.2) is 9.18 Å². The summed E-state index contributed by atoms with van der Waals surface area (Å²) >= 11 is 6.72. The van der Waals surface area contributed by atoms with Crippen LogP contribution in [0.1, 0.15) is 25.3 Å². The Balaban J connectivity index is 0.00000231. The number of nitrogens with zero attached hydrogens (tertiary/aromatic N) is 2. The highest BCUT2D eigenvalue weighted by Crippen LogP contribution is 2.44. The van der Waals surface area contributed by atoms with E-state index in [1.807, 2.05) is 11.0 Å². The molecule has 3 atom stereocenters. The molecule has 0 bridgehead atoms. The fraction of sp³-hybridized carbons (Fsp3) is 0.429. The van der Waals surface area contributed by atoms with Crippen molar-refractivity contribution in [1.29, 1.82) is 0 Å². The van der Waals surface area contributed by atoms with Gasteiger partial charge in [0.1, 0.15) is 5.82 Å². The summed E-state index contributed by atoms with van der Waals surface area (Å²) in [6.07, 6.45) is 6.46. The van der Waals surface area contributed by atoms with Gasteiger partial charge in [0, 0.05) is 25.2 Å². The molecule has 1 saturated carbocycles. The fourth-order valence-corrected chi connectivity index (χ4v) is 5.23. The molecule has 2 aliphatic carbocycles. The summed E-state index contributed by atoms with van der Waals surface area (Å²) in [5, 5.41) is 9.11. The van der Waals surface area contributed by atoms with Crippen molar-refractivity contribution in [1.82, 2.24) is 4.57 Å². The standard InChI is InChI=1S/C21H21ClFN3O4.ClH/c22-17-18-12(20(27)16(30-21(28)29)9-26(18)11-4-5-11)6-14(23)19(17)25-7-10-2-1-3-15(24)13(10)8-25;/h1,3,6,9-11,13,15H,2,4-5,7-8,24H2,(H,28,29);1H. The second-order valence-electron chi connectivity index (χ2n) is 8.32. The Hall–Kier alpha value is -2.29. The maximum atomic E-state index is 15.3. The summed E-state index contributed by atoms with van der Waals surface area (Å²) in [5.74, 6) is -0.416. The third-order valence-electron chi connectivity index (χ3n) is 6.39. The lowest BCUT2D eigenvalue weighted by molar-refractivity contribution is 0.143. The van der Waals surface area contributed by atoms with Crippen molar-refractivity contribution in [2.24, 2.45) is 17.6 Å². The molecule has 0 radical (unpaired) electrons. The second-order valence-corrected chi connectivity index (χ2v) is 8.69. The zero-order valence-corrected chi connectivity index (χ0v) is 18.0. The van der Waals surface area contributed by atoms with E-state index < -0.39 is 17.4 Å². The van der Waals surface area contributed by atoms with Crippen molar-refractivity contribution >= 4 is 46.8 Å². The van der Waals surface area contributed by atoms with Gasteiger partial charge in [0.05, 0.1) is 27.8 Å². The van der Waals surface area contributed by atoms with Crippen LogP contribution in [0, 0.1) is 17.7 Å². The maximum absolute atomic E-state index is 15.3. The smallest absolute Gasteiger partial charge is 0.449 e. The molecule has 3 unspecified atom stereocenters. The number of pyridine rings is 1. The minimum absolute atomic E-state index is 0. The molecule has 0 spiro atoms. The number of allylic oxidation sites excluding steroid dienone is 1. The van der Waals surface area contributed by atoms with Crippen molar-refractivity contribution in [2.75, 3.05) is 18.0 Å². The molecule has 7 nitrogen and oxygen atoms in total. The number of anilines is 1. The van der Waals surface area contributed by atoms with Crippen LogP contribution in [-0.4, -0.2) is 35.0 Å². The van der Waals surface area contributed by atoms with Crippen LogP contribution in [0.25, 0.3) is 10.9 Å². The molecule has 5 rings (SSSR count). The predicted octanol–water partition coefficient (Wildman–Crippen LogP) is 3.95. The SMILES string of the molecule is Cl.NC1C=CCC2CN(c3c(F)cc4c(=O)c(OC(=O)O)cn(C5CC5)c4c3Cl)CC12. The summed E-state index contributed by atoms with van der Waals surface area (Å²) in [6.45, 7) is 1.23. The molecule has 2 fully saturated rings. The van der Waals surface area contributed by atoms with E-state index in [-0.39, 0.29) is 52.3 Å². The lowest BCUT2D eigenvalue weighted by Gasteiger charge is -2.25. The lowest BCUT2D eigenvalue weighted by atomic mass is 9.83. The summed E-state index contributed by atoms with van der Waals surface area (Å²) in [6, 6.07) is 1.14. The van der Waals surface area contributed by atoms with Crippen molar-refractivity contribution in [3.63, 3.8) is 0 Å². The highest BCUT2D eigenvalue weighted by Gasteiger charge is 2.39. The molecular weight excluding hydrogens is 448 g/mol. The van der Waals surface area contributed by atoms with Crippen LogP contribution < -0.4 is 20.8 Å². The topological polar surface area (TPSA) is 97.8 Å². The third kappa shape index (κ3) is 3.66. The van der Waals surface area contributed by atoms with Crippen LogP contribution in [0.3, 0.4) is 0 Å². The van der Waals surface area contributed by atoms with E-state index in [0.29, 0.717) is 24.5 Å². The number of carboxylic acid groups (broad SMARTS) is 1. The van der Waals surface area contributed by atoms with Crippen LogP contribution in [0.5, 0.6) is 5.75 Å². The first-order chi connectivity index (χ1) is 14.3. The van der Waals surface area contributed by atoms with E-state index >= 15 is 4.39 Å². The molecular formula is C21H22Cl2FN3O4. The van der Waals surface area contributed by atoms with Gasteiger partial charge in [0.25, 0.3) is 0 Å². The lowest BCUT2D eigenvalue weighted by Crippen LogP contribution is -2.35. The first-order valence-electron chi connectivity index (χ1n) is 10.00. The summed E-state index contributed by atoms with van der Waals surface area (Å²) in [5.41, 5.74) is 6.21. The van der Waals surface area contributed by atoms with Gasteiger partial charge in [-0.3, -0.25) is 4.79 Å². The molecule has 1 aromatic carbocycles. The van der Waals surface area contributed by atoms with E-state index in [4.69, 9.17) is 22.4 Å². The average Bonchev–Trinajstić information content (AvgIpc) is 3.43. The number of halogens is 3. The number of fused-ring (bicyclic) bond motifs is 2. The highest BCUT2D eigenvalue weighted by molar-refractivity contribution is 6.38. The van der Waals surface area contributed by atoms with E-state index in [1.165, 1.54) is 6.20 Å². The molecule has 1 aromatic heterocycles. The first kappa shape index (κ1) is 21.9. The largest absolute Gasteiger partial charge is 0.511 e. The molecule has 2 aromatic rings. The van der Waals surface area contributed by atoms with E-state index in [1.54, 1.807) is 4.57 Å². The number of hydrogen-bond donors (Lipinski definition) is 2. The number of hydrogen-bond acceptors (Lipinski definition) is 5. The molecule has 3 N–H and O–H groups in total.